The molecule has 1 heterocycles. The molecule has 116 valence electrons. The number of hydrazone groups is 1. The Morgan fingerprint density at radius 3 is 2.64 bits per heavy atom. The molecule has 2 aromatic rings. The van der Waals surface area contributed by atoms with Gasteiger partial charge in [0.25, 0.3) is 5.91 Å². The first-order valence-electron chi connectivity index (χ1n) is 6.85. The molecule has 0 spiro atoms. The number of aromatic hydroxyl groups is 1. The highest BCUT2D eigenvalue weighted by Crippen LogP contribution is 2.20. The van der Waals surface area contributed by atoms with Gasteiger partial charge in [0, 0.05) is 5.56 Å². The van der Waals surface area contributed by atoms with E-state index in [0.29, 0.717) is 29.2 Å². The largest absolute Gasteiger partial charge is 0.507 e. The topological polar surface area (TPSA) is 74.8 Å². The van der Waals surface area contributed by atoms with E-state index in [2.05, 4.69) is 10.5 Å². The molecule has 5 nitrogen and oxygen atoms in total. The van der Waals surface area contributed by atoms with Gasteiger partial charge in [-0.15, -0.1) is 0 Å². The third kappa shape index (κ3) is 3.33. The molecule has 0 aliphatic carbocycles. The van der Waals surface area contributed by atoms with E-state index in [1.165, 1.54) is 12.1 Å². The molecule has 1 amide bonds. The Morgan fingerprint density at radius 2 is 2.05 bits per heavy atom. The zero-order valence-corrected chi connectivity index (χ0v) is 12.6. The highest BCUT2D eigenvalue weighted by Gasteiger charge is 2.14. The van der Waals surface area contributed by atoms with Crippen molar-refractivity contribution in [3.63, 3.8) is 0 Å². The fourth-order valence-electron chi connectivity index (χ4n) is 2.10. The van der Waals surface area contributed by atoms with Crippen LogP contribution in [0.5, 0.6) is 5.75 Å². The molecule has 0 saturated heterocycles. The Bertz CT molecular complexity index is 735. The molecule has 22 heavy (non-hydrogen) atoms. The SMILES string of the molecule is CCC(=NNC(=O)c1cc(C)oc1C)c1cc(F)ccc1O. The molecule has 0 unspecified atom stereocenters. The number of carbonyl (C=O) groups excluding carboxylic acids is 1. The minimum Gasteiger partial charge on any atom is -0.507 e. The number of rotatable bonds is 4. The van der Waals surface area contributed by atoms with Crippen LogP contribution in [0.15, 0.2) is 33.8 Å². The Kier molecular flexibility index (Phi) is 4.60. The summed E-state index contributed by atoms with van der Waals surface area (Å²) in [5.41, 5.74) is 3.42. The first-order valence-corrected chi connectivity index (χ1v) is 6.85. The van der Waals surface area contributed by atoms with E-state index >= 15 is 0 Å². The number of carbonyl (C=O) groups is 1. The molecule has 6 heteroatoms. The average Bonchev–Trinajstić information content (AvgIpc) is 2.81. The number of phenols is 1. The number of nitrogens with zero attached hydrogens (tertiary/aromatic N) is 1. The molecule has 0 atom stereocenters. The molecular weight excluding hydrogens is 287 g/mol. The standard InChI is InChI=1S/C16H17FN2O3/c1-4-14(13-8-11(17)5-6-15(13)20)18-19-16(21)12-7-9(2)22-10(12)3/h5-8,20H,4H2,1-3H3,(H,19,21). The number of nitrogens with one attached hydrogen (secondary N) is 1. The van der Waals surface area contributed by atoms with Gasteiger partial charge in [-0.2, -0.15) is 5.10 Å². The Labute approximate surface area is 127 Å². The third-order valence-electron chi connectivity index (χ3n) is 3.18. The van der Waals surface area contributed by atoms with Gasteiger partial charge in [-0.1, -0.05) is 6.92 Å². The van der Waals surface area contributed by atoms with E-state index in [1.807, 2.05) is 0 Å². The van der Waals surface area contributed by atoms with Crippen molar-refractivity contribution in [2.24, 2.45) is 5.10 Å². The first-order chi connectivity index (χ1) is 10.4. The second-order valence-corrected chi connectivity index (χ2v) is 4.84. The molecule has 0 fully saturated rings. The summed E-state index contributed by atoms with van der Waals surface area (Å²) in [5, 5.41) is 13.8. The van der Waals surface area contributed by atoms with Crippen LogP contribution >= 0.6 is 0 Å². The Morgan fingerprint density at radius 1 is 1.32 bits per heavy atom. The Hall–Kier alpha value is -2.63. The normalized spacial score (nSPS) is 11.5. The van der Waals surface area contributed by atoms with Crippen LogP contribution in [0.4, 0.5) is 4.39 Å². The van der Waals surface area contributed by atoms with E-state index in [0.717, 1.165) is 6.07 Å². The number of aryl methyl sites for hydroxylation is 2. The maximum Gasteiger partial charge on any atom is 0.274 e. The van der Waals surface area contributed by atoms with Crippen molar-refractivity contribution in [3.05, 3.63) is 52.7 Å². The molecule has 1 aromatic heterocycles. The van der Waals surface area contributed by atoms with Crippen LogP contribution in [0.3, 0.4) is 0 Å². The van der Waals surface area contributed by atoms with Gasteiger partial charge in [0.2, 0.25) is 0 Å². The summed E-state index contributed by atoms with van der Waals surface area (Å²) in [4.78, 5) is 12.1. The average molecular weight is 304 g/mol. The highest BCUT2D eigenvalue weighted by atomic mass is 19.1. The summed E-state index contributed by atoms with van der Waals surface area (Å²) in [5.74, 6) is 0.131. The smallest absolute Gasteiger partial charge is 0.274 e. The fraction of sp³-hybridized carbons (Fsp3) is 0.250. The van der Waals surface area contributed by atoms with Gasteiger partial charge in [-0.05, 0) is 44.5 Å². The minimum absolute atomic E-state index is 0.0911. The quantitative estimate of drug-likeness (QED) is 0.672. The van der Waals surface area contributed by atoms with Crippen molar-refractivity contribution < 1.29 is 18.7 Å². The van der Waals surface area contributed by atoms with Crippen molar-refractivity contribution in [1.82, 2.24) is 5.43 Å². The molecule has 0 aliphatic rings. The monoisotopic (exact) mass is 304 g/mol. The van der Waals surface area contributed by atoms with Gasteiger partial charge in [-0.3, -0.25) is 4.79 Å². The number of hydrogen-bond acceptors (Lipinski definition) is 4. The van der Waals surface area contributed by atoms with Gasteiger partial charge in [0.05, 0.1) is 11.3 Å². The lowest BCUT2D eigenvalue weighted by Gasteiger charge is -2.07. The molecule has 0 aliphatic heterocycles. The van der Waals surface area contributed by atoms with Crippen molar-refractivity contribution in [3.8, 4) is 5.75 Å². The van der Waals surface area contributed by atoms with Crippen molar-refractivity contribution >= 4 is 11.6 Å². The molecular formula is C16H17FN2O3. The molecule has 2 N–H and O–H groups in total. The molecule has 0 bridgehead atoms. The predicted octanol–water partition coefficient (Wildman–Crippen LogP) is 3.29. The van der Waals surface area contributed by atoms with Crippen LogP contribution in [0.2, 0.25) is 0 Å². The summed E-state index contributed by atoms with van der Waals surface area (Å²) >= 11 is 0. The van der Waals surface area contributed by atoms with Crippen LogP contribution < -0.4 is 5.43 Å². The zero-order valence-electron chi connectivity index (χ0n) is 12.6. The zero-order chi connectivity index (χ0) is 16.3. The summed E-state index contributed by atoms with van der Waals surface area (Å²) in [6, 6.07) is 5.20. The van der Waals surface area contributed by atoms with E-state index in [-0.39, 0.29) is 11.3 Å². The van der Waals surface area contributed by atoms with E-state index < -0.39 is 11.7 Å². The fourth-order valence-corrected chi connectivity index (χ4v) is 2.10. The Balaban J connectivity index is 2.24. The number of hydrogen-bond donors (Lipinski definition) is 2. The van der Waals surface area contributed by atoms with Crippen LogP contribution in [0, 0.1) is 19.7 Å². The highest BCUT2D eigenvalue weighted by molar-refractivity contribution is 6.04. The van der Waals surface area contributed by atoms with Gasteiger partial charge >= 0.3 is 0 Å². The van der Waals surface area contributed by atoms with Gasteiger partial charge < -0.3 is 9.52 Å². The van der Waals surface area contributed by atoms with Crippen LogP contribution in [0.1, 0.15) is 40.8 Å². The lowest BCUT2D eigenvalue weighted by molar-refractivity contribution is 0.0953. The lowest BCUT2D eigenvalue weighted by atomic mass is 10.1. The first kappa shape index (κ1) is 15.8. The number of halogens is 1. The van der Waals surface area contributed by atoms with Crippen molar-refractivity contribution in [2.75, 3.05) is 0 Å². The number of furan rings is 1. The third-order valence-corrected chi connectivity index (χ3v) is 3.18. The van der Waals surface area contributed by atoms with Gasteiger partial charge in [-0.25, -0.2) is 9.82 Å². The summed E-state index contributed by atoms with van der Waals surface area (Å²) in [6.07, 6.45) is 0.417. The molecule has 0 saturated carbocycles. The van der Waals surface area contributed by atoms with Gasteiger partial charge in [0.1, 0.15) is 23.1 Å². The predicted molar refractivity (Wildman–Crippen MR) is 80.5 cm³/mol. The summed E-state index contributed by atoms with van der Waals surface area (Å²) in [7, 11) is 0. The van der Waals surface area contributed by atoms with Crippen molar-refractivity contribution in [1.29, 1.82) is 0 Å². The van der Waals surface area contributed by atoms with Crippen LogP contribution in [0.25, 0.3) is 0 Å². The number of phenolic OH excluding ortho intramolecular Hbond substituents is 1. The van der Waals surface area contributed by atoms with Crippen LogP contribution in [-0.4, -0.2) is 16.7 Å². The minimum atomic E-state index is -0.485. The maximum absolute atomic E-state index is 13.3. The maximum atomic E-state index is 13.3. The summed E-state index contributed by atoms with van der Waals surface area (Å²) in [6.45, 7) is 5.22. The van der Waals surface area contributed by atoms with E-state index in [9.17, 15) is 14.3 Å². The number of amides is 1. The van der Waals surface area contributed by atoms with Gasteiger partial charge in [0.15, 0.2) is 0 Å². The summed E-state index contributed by atoms with van der Waals surface area (Å²) < 4.78 is 18.6. The van der Waals surface area contributed by atoms with E-state index in [1.54, 1.807) is 26.8 Å². The second kappa shape index (κ2) is 6.43. The molecule has 2 rings (SSSR count). The second-order valence-electron chi connectivity index (χ2n) is 4.84. The number of benzene rings is 1. The molecule has 1 aromatic carbocycles. The molecule has 0 radical (unpaired) electrons. The lowest BCUT2D eigenvalue weighted by Crippen LogP contribution is -2.20. The van der Waals surface area contributed by atoms with E-state index in [4.69, 9.17) is 4.42 Å². The van der Waals surface area contributed by atoms with Crippen molar-refractivity contribution in [2.45, 2.75) is 27.2 Å². The van der Waals surface area contributed by atoms with Crippen LogP contribution in [-0.2, 0) is 0 Å².